The van der Waals surface area contributed by atoms with Gasteiger partial charge < -0.3 is 4.74 Å². The fourth-order valence-electron chi connectivity index (χ4n) is 0.799. The first-order chi connectivity index (χ1) is 5.71. The summed E-state index contributed by atoms with van der Waals surface area (Å²) in [7, 11) is 1.28. The lowest BCUT2D eigenvalue weighted by molar-refractivity contribution is -0.136. The van der Waals surface area contributed by atoms with Crippen LogP contribution in [0.2, 0.25) is 0 Å². The van der Waals surface area contributed by atoms with Crippen molar-refractivity contribution in [2.45, 2.75) is 13.8 Å². The van der Waals surface area contributed by atoms with Crippen molar-refractivity contribution in [2.24, 2.45) is 0 Å². The van der Waals surface area contributed by atoms with Crippen LogP contribution in [0.15, 0.2) is 23.3 Å². The highest BCUT2D eigenvalue weighted by Crippen LogP contribution is 2.08. The minimum absolute atomic E-state index is 0.301. The van der Waals surface area contributed by atoms with E-state index >= 15 is 0 Å². The average Bonchev–Trinajstić information content (AvgIpc) is 2.12. The molecule has 0 bridgehead atoms. The molecule has 0 aliphatic carbocycles. The van der Waals surface area contributed by atoms with Crippen molar-refractivity contribution in [1.29, 1.82) is 0 Å². The molecular weight excluding hydrogens is 156 g/mol. The van der Waals surface area contributed by atoms with Gasteiger partial charge in [-0.15, -0.1) is 0 Å². The van der Waals surface area contributed by atoms with E-state index in [2.05, 4.69) is 4.74 Å². The van der Waals surface area contributed by atoms with Crippen LogP contribution in [0.4, 0.5) is 0 Å². The molecule has 0 aliphatic rings. The fraction of sp³-hybridized carbons (Fsp3) is 0.333. The highest BCUT2D eigenvalue weighted by molar-refractivity contribution is 6.01. The summed E-state index contributed by atoms with van der Waals surface area (Å²) < 4.78 is 4.48. The molecule has 0 aromatic carbocycles. The second kappa shape index (κ2) is 5.29. The van der Waals surface area contributed by atoms with Crippen LogP contribution in [0.1, 0.15) is 13.8 Å². The number of allylic oxidation sites excluding steroid dienone is 2. The lowest BCUT2D eigenvalue weighted by atomic mass is 10.1. The van der Waals surface area contributed by atoms with Gasteiger partial charge in [0.1, 0.15) is 0 Å². The van der Waals surface area contributed by atoms with E-state index in [9.17, 15) is 9.59 Å². The normalized spacial score (nSPS) is 12.6. The predicted molar refractivity (Wildman–Crippen MR) is 45.6 cm³/mol. The Morgan fingerprint density at radius 2 is 1.83 bits per heavy atom. The molecule has 0 radical (unpaired) electrons. The lowest BCUT2D eigenvalue weighted by Crippen LogP contribution is -2.07. The van der Waals surface area contributed by atoms with Crippen LogP contribution in [0.3, 0.4) is 0 Å². The Morgan fingerprint density at radius 3 is 2.08 bits per heavy atom. The molecule has 0 rings (SSSR count). The monoisotopic (exact) mass is 168 g/mol. The SMILES string of the molecule is C/C=C(C=O)\C(=C/C)C(=O)OC. The van der Waals surface area contributed by atoms with Crippen molar-refractivity contribution in [2.75, 3.05) is 7.11 Å². The molecule has 0 spiro atoms. The number of hydrogen-bond acceptors (Lipinski definition) is 3. The Balaban J connectivity index is 4.80. The maximum absolute atomic E-state index is 11.0. The number of hydrogen-bond donors (Lipinski definition) is 0. The van der Waals surface area contributed by atoms with Crippen molar-refractivity contribution in [3.05, 3.63) is 23.3 Å². The molecular formula is C9H12O3. The van der Waals surface area contributed by atoms with Crippen LogP contribution >= 0.6 is 0 Å². The third-order valence-corrected chi connectivity index (χ3v) is 1.44. The Morgan fingerprint density at radius 1 is 1.25 bits per heavy atom. The Hall–Kier alpha value is -1.38. The van der Waals surface area contributed by atoms with Crippen molar-refractivity contribution in [3.8, 4) is 0 Å². The van der Waals surface area contributed by atoms with E-state index in [1.165, 1.54) is 7.11 Å². The summed E-state index contributed by atoms with van der Waals surface area (Å²) in [6.07, 6.45) is 3.75. The second-order valence-corrected chi connectivity index (χ2v) is 2.06. The van der Waals surface area contributed by atoms with Gasteiger partial charge in [0.25, 0.3) is 0 Å². The number of carbonyl (C=O) groups excluding carboxylic acids is 2. The Bertz CT molecular complexity index is 236. The number of carbonyl (C=O) groups is 2. The van der Waals surface area contributed by atoms with Crippen molar-refractivity contribution < 1.29 is 14.3 Å². The quantitative estimate of drug-likeness (QED) is 0.276. The zero-order chi connectivity index (χ0) is 9.56. The molecule has 3 nitrogen and oxygen atoms in total. The van der Waals surface area contributed by atoms with Gasteiger partial charge in [-0.3, -0.25) is 4.79 Å². The largest absolute Gasteiger partial charge is 0.465 e. The van der Waals surface area contributed by atoms with Gasteiger partial charge in [0, 0.05) is 5.57 Å². The molecule has 3 heteroatoms. The van der Waals surface area contributed by atoms with Gasteiger partial charge in [0.2, 0.25) is 0 Å². The standard InChI is InChI=1S/C9H12O3/c1-4-7(6-10)8(5-2)9(11)12-3/h4-6H,1-3H3/b7-4-,8-5+. The molecule has 0 fully saturated rings. The Labute approximate surface area is 71.7 Å². The third kappa shape index (κ3) is 2.34. The summed E-state index contributed by atoms with van der Waals surface area (Å²) in [6, 6.07) is 0. The molecule has 0 atom stereocenters. The van der Waals surface area contributed by atoms with Gasteiger partial charge in [-0.2, -0.15) is 0 Å². The summed E-state index contributed by atoms with van der Waals surface area (Å²) in [5.74, 6) is -0.488. The summed E-state index contributed by atoms with van der Waals surface area (Å²) in [4.78, 5) is 21.5. The highest BCUT2D eigenvalue weighted by atomic mass is 16.5. The molecule has 0 aromatic rings. The van der Waals surface area contributed by atoms with Gasteiger partial charge in [-0.05, 0) is 13.8 Å². The minimum Gasteiger partial charge on any atom is -0.465 e. The van der Waals surface area contributed by atoms with Crippen molar-refractivity contribution in [3.63, 3.8) is 0 Å². The first-order valence-electron chi connectivity index (χ1n) is 3.57. The maximum atomic E-state index is 11.0. The number of ether oxygens (including phenoxy) is 1. The predicted octanol–water partition coefficient (Wildman–Crippen LogP) is 1.25. The number of rotatable bonds is 3. The van der Waals surface area contributed by atoms with Gasteiger partial charge in [-0.1, -0.05) is 12.2 Å². The number of aldehydes is 1. The molecule has 0 N–H and O–H groups in total. The molecule has 0 heterocycles. The molecule has 0 aromatic heterocycles. The van der Waals surface area contributed by atoms with Gasteiger partial charge in [0.05, 0.1) is 12.7 Å². The van der Waals surface area contributed by atoms with E-state index in [1.54, 1.807) is 26.0 Å². The van der Waals surface area contributed by atoms with E-state index in [1.807, 2.05) is 0 Å². The van der Waals surface area contributed by atoms with Gasteiger partial charge in [0.15, 0.2) is 6.29 Å². The lowest BCUT2D eigenvalue weighted by Gasteiger charge is -2.02. The van der Waals surface area contributed by atoms with Crippen LogP contribution in [0.25, 0.3) is 0 Å². The van der Waals surface area contributed by atoms with Gasteiger partial charge >= 0.3 is 5.97 Å². The van der Waals surface area contributed by atoms with Crippen LogP contribution in [0.5, 0.6) is 0 Å². The van der Waals surface area contributed by atoms with Crippen molar-refractivity contribution >= 4 is 12.3 Å². The molecule has 66 valence electrons. The number of methoxy groups -OCH3 is 1. The Kier molecular flexibility index (Phi) is 4.69. The first kappa shape index (κ1) is 10.6. The van der Waals surface area contributed by atoms with Crippen LogP contribution in [0, 0.1) is 0 Å². The van der Waals surface area contributed by atoms with E-state index in [-0.39, 0.29) is 0 Å². The molecule has 0 saturated carbocycles. The van der Waals surface area contributed by atoms with E-state index in [4.69, 9.17) is 0 Å². The summed E-state index contributed by atoms with van der Waals surface area (Å²) >= 11 is 0. The molecule has 0 unspecified atom stereocenters. The zero-order valence-electron chi connectivity index (χ0n) is 7.46. The molecule has 0 amide bonds. The van der Waals surface area contributed by atoms with Crippen LogP contribution in [-0.4, -0.2) is 19.4 Å². The third-order valence-electron chi connectivity index (χ3n) is 1.44. The van der Waals surface area contributed by atoms with E-state index < -0.39 is 5.97 Å². The van der Waals surface area contributed by atoms with Crippen LogP contribution in [-0.2, 0) is 14.3 Å². The molecule has 12 heavy (non-hydrogen) atoms. The molecule has 0 saturated heterocycles. The minimum atomic E-state index is -0.488. The van der Waals surface area contributed by atoms with E-state index in [0.29, 0.717) is 17.4 Å². The summed E-state index contributed by atoms with van der Waals surface area (Å²) in [6.45, 7) is 3.37. The highest BCUT2D eigenvalue weighted by Gasteiger charge is 2.11. The van der Waals surface area contributed by atoms with Crippen molar-refractivity contribution in [1.82, 2.24) is 0 Å². The fourth-order valence-corrected chi connectivity index (χ4v) is 0.799. The zero-order valence-corrected chi connectivity index (χ0v) is 7.46. The molecule has 0 aliphatic heterocycles. The average molecular weight is 168 g/mol. The first-order valence-corrected chi connectivity index (χ1v) is 3.57. The maximum Gasteiger partial charge on any atom is 0.338 e. The smallest absolute Gasteiger partial charge is 0.338 e. The van der Waals surface area contributed by atoms with Crippen LogP contribution < -0.4 is 0 Å². The number of esters is 1. The summed E-state index contributed by atoms with van der Waals surface area (Å²) in [5.41, 5.74) is 0.652. The topological polar surface area (TPSA) is 43.4 Å². The summed E-state index contributed by atoms with van der Waals surface area (Å²) in [5, 5.41) is 0. The van der Waals surface area contributed by atoms with Gasteiger partial charge in [-0.25, -0.2) is 4.79 Å². The van der Waals surface area contributed by atoms with E-state index in [0.717, 1.165) is 0 Å². The second-order valence-electron chi connectivity index (χ2n) is 2.06.